The van der Waals surface area contributed by atoms with E-state index in [-0.39, 0.29) is 18.6 Å². The molecule has 0 unspecified atom stereocenters. The normalized spacial score (nSPS) is 19.0. The Kier molecular flexibility index (Phi) is 5.00. The van der Waals surface area contributed by atoms with E-state index in [4.69, 9.17) is 10.5 Å². The van der Waals surface area contributed by atoms with E-state index in [0.717, 1.165) is 18.5 Å². The number of carbonyl (C=O) groups excluding carboxylic acids is 3. The van der Waals surface area contributed by atoms with Crippen LogP contribution in [0.4, 0.5) is 11.4 Å². The zero-order chi connectivity index (χ0) is 18.0. The van der Waals surface area contributed by atoms with Crippen LogP contribution in [0.15, 0.2) is 24.3 Å². The molecule has 3 N–H and O–H groups in total. The van der Waals surface area contributed by atoms with E-state index in [2.05, 4.69) is 5.32 Å². The maximum atomic E-state index is 12.4. The first kappa shape index (κ1) is 17.4. The van der Waals surface area contributed by atoms with Crippen molar-refractivity contribution in [2.24, 2.45) is 5.73 Å². The monoisotopic (exact) mass is 346 g/mol. The molecule has 0 aromatic heterocycles. The van der Waals surface area contributed by atoms with E-state index in [1.54, 1.807) is 41.1 Å². The van der Waals surface area contributed by atoms with Gasteiger partial charge in [0.2, 0.25) is 5.91 Å². The number of benzene rings is 1. The maximum absolute atomic E-state index is 12.4. The third kappa shape index (κ3) is 3.97. The van der Waals surface area contributed by atoms with Gasteiger partial charge in [-0.2, -0.15) is 0 Å². The van der Waals surface area contributed by atoms with Crippen molar-refractivity contribution in [3.05, 3.63) is 24.3 Å². The second-order valence-electron chi connectivity index (χ2n) is 6.34. The quantitative estimate of drug-likeness (QED) is 0.702. The van der Waals surface area contributed by atoms with Crippen molar-refractivity contribution in [2.45, 2.75) is 24.9 Å². The number of hydrogen-bond acceptors (Lipinski definition) is 5. The molecule has 1 heterocycles. The Bertz CT molecular complexity index is 672. The highest BCUT2D eigenvalue weighted by atomic mass is 16.5. The largest absolute Gasteiger partial charge is 0.370 e. The van der Waals surface area contributed by atoms with Gasteiger partial charge in [-0.25, -0.2) is 0 Å². The number of anilines is 2. The van der Waals surface area contributed by atoms with Gasteiger partial charge in [-0.05, 0) is 44.2 Å². The van der Waals surface area contributed by atoms with Crippen LogP contribution in [0.5, 0.6) is 0 Å². The van der Waals surface area contributed by atoms with E-state index >= 15 is 0 Å². The van der Waals surface area contributed by atoms with Crippen molar-refractivity contribution in [1.82, 2.24) is 4.90 Å². The molecule has 1 aliphatic carbocycles. The van der Waals surface area contributed by atoms with Crippen molar-refractivity contribution in [3.63, 3.8) is 0 Å². The van der Waals surface area contributed by atoms with Crippen molar-refractivity contribution < 1.29 is 19.1 Å². The van der Waals surface area contributed by atoms with Gasteiger partial charge in [-0.3, -0.25) is 19.3 Å². The number of morpholine rings is 1. The summed E-state index contributed by atoms with van der Waals surface area (Å²) in [4.78, 5) is 39.3. The van der Waals surface area contributed by atoms with Gasteiger partial charge in [0.25, 0.3) is 11.8 Å². The number of amides is 3. The highest BCUT2D eigenvalue weighted by molar-refractivity contribution is 6.09. The second kappa shape index (κ2) is 7.20. The molecule has 2 aliphatic rings. The lowest BCUT2D eigenvalue weighted by Crippen LogP contribution is -2.51. The van der Waals surface area contributed by atoms with E-state index in [0.29, 0.717) is 18.8 Å². The summed E-state index contributed by atoms with van der Waals surface area (Å²) in [7, 11) is 1.74. The second-order valence-corrected chi connectivity index (χ2v) is 6.34. The molecule has 1 saturated carbocycles. The Balaban J connectivity index is 1.66. The van der Waals surface area contributed by atoms with Crippen LogP contribution in [0.25, 0.3) is 0 Å². The number of primary amides is 1. The van der Waals surface area contributed by atoms with Crippen LogP contribution < -0.4 is 16.0 Å². The SMILES string of the molecule is CN(C1CC1)[C@@H](C(N)=O)C(=O)Nc1ccc(N2CCOCC2=O)cc1. The topological polar surface area (TPSA) is 105 Å². The Morgan fingerprint density at radius 1 is 1.32 bits per heavy atom. The number of likely N-dealkylation sites (N-methyl/N-ethyl adjacent to an activating group) is 1. The van der Waals surface area contributed by atoms with Gasteiger partial charge in [-0.1, -0.05) is 0 Å². The summed E-state index contributed by atoms with van der Waals surface area (Å²) in [6.45, 7) is 1.07. The number of nitrogens with one attached hydrogen (secondary N) is 1. The molecule has 0 spiro atoms. The van der Waals surface area contributed by atoms with Crippen molar-refractivity contribution in [3.8, 4) is 0 Å². The van der Waals surface area contributed by atoms with E-state index < -0.39 is 17.9 Å². The van der Waals surface area contributed by atoms with Crippen LogP contribution >= 0.6 is 0 Å². The van der Waals surface area contributed by atoms with Gasteiger partial charge in [0.05, 0.1) is 6.61 Å². The third-order valence-electron chi connectivity index (χ3n) is 4.48. The van der Waals surface area contributed by atoms with E-state index in [1.807, 2.05) is 0 Å². The van der Waals surface area contributed by atoms with Crippen LogP contribution in [0.1, 0.15) is 12.8 Å². The lowest BCUT2D eigenvalue weighted by atomic mass is 10.2. The molecule has 3 rings (SSSR count). The Labute approximate surface area is 145 Å². The van der Waals surface area contributed by atoms with Crippen LogP contribution in [-0.2, 0) is 19.1 Å². The molecule has 3 amide bonds. The Morgan fingerprint density at radius 3 is 2.56 bits per heavy atom. The van der Waals surface area contributed by atoms with Crippen LogP contribution in [0, 0.1) is 0 Å². The molecule has 1 atom stereocenters. The molecule has 8 nitrogen and oxygen atoms in total. The van der Waals surface area contributed by atoms with Gasteiger partial charge in [0.15, 0.2) is 6.04 Å². The van der Waals surface area contributed by atoms with Crippen LogP contribution in [0.3, 0.4) is 0 Å². The number of ether oxygens (including phenoxy) is 1. The number of rotatable bonds is 6. The summed E-state index contributed by atoms with van der Waals surface area (Å²) in [5, 5.41) is 2.72. The minimum Gasteiger partial charge on any atom is -0.370 e. The number of nitrogens with two attached hydrogens (primary N) is 1. The standard InChI is InChI=1S/C17H22N4O4/c1-20(12-6-7-12)15(16(18)23)17(24)19-11-2-4-13(5-3-11)21-8-9-25-10-14(21)22/h2-5,12,15H,6-10H2,1H3,(H2,18,23)(H,19,24)/t15-/m0/s1. The van der Waals surface area contributed by atoms with E-state index in [1.165, 1.54) is 0 Å². The molecular formula is C17H22N4O4. The predicted octanol–water partition coefficient (Wildman–Crippen LogP) is -0.0636. The minimum atomic E-state index is -0.993. The summed E-state index contributed by atoms with van der Waals surface area (Å²) in [6, 6.07) is 6.15. The molecule has 134 valence electrons. The lowest BCUT2D eigenvalue weighted by Gasteiger charge is -2.27. The summed E-state index contributed by atoms with van der Waals surface area (Å²) in [6.07, 6.45) is 1.94. The first-order valence-electron chi connectivity index (χ1n) is 8.27. The minimum absolute atomic E-state index is 0.0757. The molecule has 1 aromatic rings. The summed E-state index contributed by atoms with van der Waals surface area (Å²) < 4.78 is 5.11. The van der Waals surface area contributed by atoms with Crippen LogP contribution in [0.2, 0.25) is 0 Å². The molecule has 1 aliphatic heterocycles. The lowest BCUT2D eigenvalue weighted by molar-refractivity contribution is -0.132. The van der Waals surface area contributed by atoms with E-state index in [9.17, 15) is 14.4 Å². The van der Waals surface area contributed by atoms with Crippen LogP contribution in [-0.4, -0.2) is 61.5 Å². The average Bonchev–Trinajstić information content (AvgIpc) is 3.41. The summed E-state index contributed by atoms with van der Waals surface area (Å²) in [5.74, 6) is -1.21. The van der Waals surface area contributed by atoms with Gasteiger partial charge in [0.1, 0.15) is 6.61 Å². The molecule has 1 saturated heterocycles. The fourth-order valence-corrected chi connectivity index (χ4v) is 2.93. The van der Waals surface area contributed by atoms with Gasteiger partial charge in [0, 0.05) is 24.0 Å². The third-order valence-corrected chi connectivity index (χ3v) is 4.48. The number of nitrogens with zero attached hydrogens (tertiary/aromatic N) is 2. The molecule has 0 bridgehead atoms. The molecular weight excluding hydrogens is 324 g/mol. The predicted molar refractivity (Wildman–Crippen MR) is 92.0 cm³/mol. The maximum Gasteiger partial charge on any atom is 0.253 e. The zero-order valence-electron chi connectivity index (χ0n) is 14.1. The fraction of sp³-hybridized carbons (Fsp3) is 0.471. The fourth-order valence-electron chi connectivity index (χ4n) is 2.93. The summed E-state index contributed by atoms with van der Waals surface area (Å²) >= 11 is 0. The molecule has 8 heteroatoms. The van der Waals surface area contributed by atoms with Gasteiger partial charge in [-0.15, -0.1) is 0 Å². The number of carbonyl (C=O) groups is 3. The first-order valence-corrected chi connectivity index (χ1v) is 8.27. The van der Waals surface area contributed by atoms with Gasteiger partial charge >= 0.3 is 0 Å². The highest BCUT2D eigenvalue weighted by Crippen LogP contribution is 2.27. The zero-order valence-corrected chi connectivity index (χ0v) is 14.1. The molecule has 25 heavy (non-hydrogen) atoms. The Morgan fingerprint density at radius 2 is 2.00 bits per heavy atom. The Hall–Kier alpha value is -2.45. The van der Waals surface area contributed by atoms with Crippen molar-refractivity contribution in [2.75, 3.05) is 37.0 Å². The summed E-state index contributed by atoms with van der Waals surface area (Å²) in [5.41, 5.74) is 6.69. The first-order chi connectivity index (χ1) is 12.0. The van der Waals surface area contributed by atoms with Crippen molar-refractivity contribution >= 4 is 29.1 Å². The highest BCUT2D eigenvalue weighted by Gasteiger charge is 2.37. The molecule has 2 fully saturated rings. The molecule has 1 aromatic carbocycles. The smallest absolute Gasteiger partial charge is 0.253 e. The van der Waals surface area contributed by atoms with Gasteiger partial charge < -0.3 is 20.7 Å². The average molecular weight is 346 g/mol. The van der Waals surface area contributed by atoms with Crippen molar-refractivity contribution in [1.29, 1.82) is 0 Å². The molecule has 0 radical (unpaired) electrons. The number of hydrogen-bond donors (Lipinski definition) is 2.